The third kappa shape index (κ3) is 6.29. The first-order chi connectivity index (χ1) is 19.2. The largest absolute Gasteiger partial charge is 0.497 e. The van der Waals surface area contributed by atoms with E-state index in [9.17, 15) is 14.4 Å². The Bertz CT molecular complexity index is 1230. The molecule has 216 valence electrons. The molecule has 1 saturated heterocycles. The van der Waals surface area contributed by atoms with Crippen LogP contribution in [0.5, 0.6) is 11.5 Å². The molecule has 0 N–H and O–H groups in total. The molecule has 1 aromatic carbocycles. The number of allylic oxidation sites excluding steroid dienone is 1. The fourth-order valence-corrected chi connectivity index (χ4v) is 6.07. The van der Waals surface area contributed by atoms with Gasteiger partial charge in [0, 0.05) is 24.9 Å². The van der Waals surface area contributed by atoms with Crippen LogP contribution in [-0.2, 0) is 23.9 Å². The molecular formula is C29H37N3O7S. The maximum atomic E-state index is 13.4. The predicted octanol–water partition coefficient (Wildman–Crippen LogP) is 4.42. The molecule has 1 fully saturated rings. The number of esters is 2. The Balaban J connectivity index is 1.63. The highest BCUT2D eigenvalue weighted by molar-refractivity contribution is 8.16. The lowest BCUT2D eigenvalue weighted by Gasteiger charge is -2.37. The molecule has 1 amide bonds. The monoisotopic (exact) mass is 571 g/mol. The lowest BCUT2D eigenvalue weighted by molar-refractivity contribution is -0.151. The van der Waals surface area contributed by atoms with Gasteiger partial charge in [0.15, 0.2) is 5.17 Å². The summed E-state index contributed by atoms with van der Waals surface area (Å²) in [4.78, 5) is 47.5. The maximum Gasteiger partial charge on any atom is 0.338 e. The van der Waals surface area contributed by atoms with Crippen LogP contribution in [0.25, 0.3) is 0 Å². The molecule has 3 aliphatic rings. The quantitative estimate of drug-likeness (QED) is 0.398. The molecule has 1 unspecified atom stereocenters. The SMILES string of the molecule is CCOC(=O)C1CCN(C(=O)CC2=CSC3=NC(C)=C(C(=O)OC(C)C)C(c4cc(OC)cc(OC)c4)N23)CC1. The first kappa shape index (κ1) is 29.5. The first-order valence-corrected chi connectivity index (χ1v) is 14.4. The Morgan fingerprint density at radius 1 is 1.07 bits per heavy atom. The predicted molar refractivity (Wildman–Crippen MR) is 152 cm³/mol. The highest BCUT2D eigenvalue weighted by Gasteiger charge is 2.42. The normalized spacial score (nSPS) is 19.2. The molecule has 0 aromatic heterocycles. The highest BCUT2D eigenvalue weighted by Crippen LogP contribution is 2.46. The second kappa shape index (κ2) is 12.8. The van der Waals surface area contributed by atoms with Crippen LogP contribution in [0.1, 0.15) is 58.6 Å². The van der Waals surface area contributed by atoms with E-state index in [1.165, 1.54) is 11.8 Å². The van der Waals surface area contributed by atoms with Crippen molar-refractivity contribution in [2.24, 2.45) is 10.9 Å². The number of likely N-dealkylation sites (tertiary alicyclic amines) is 1. The summed E-state index contributed by atoms with van der Waals surface area (Å²) < 4.78 is 21.8. The average molecular weight is 572 g/mol. The molecule has 0 bridgehead atoms. The van der Waals surface area contributed by atoms with Crippen molar-refractivity contribution in [3.8, 4) is 11.5 Å². The number of carbonyl (C=O) groups excluding carboxylic acids is 3. The summed E-state index contributed by atoms with van der Waals surface area (Å²) in [5.74, 6) is 0.260. The summed E-state index contributed by atoms with van der Waals surface area (Å²) in [5.41, 5.74) is 2.42. The van der Waals surface area contributed by atoms with Crippen LogP contribution >= 0.6 is 11.8 Å². The summed E-state index contributed by atoms with van der Waals surface area (Å²) in [6, 6.07) is 4.87. The number of amidine groups is 1. The molecule has 0 aliphatic carbocycles. The number of benzene rings is 1. The van der Waals surface area contributed by atoms with Crippen molar-refractivity contribution in [3.63, 3.8) is 0 Å². The van der Waals surface area contributed by atoms with Crippen LogP contribution < -0.4 is 9.47 Å². The Hall–Kier alpha value is -3.47. The van der Waals surface area contributed by atoms with Gasteiger partial charge in [-0.05, 0) is 63.6 Å². The van der Waals surface area contributed by atoms with Gasteiger partial charge in [-0.15, -0.1) is 0 Å². The first-order valence-electron chi connectivity index (χ1n) is 13.5. The zero-order valence-electron chi connectivity index (χ0n) is 23.9. The summed E-state index contributed by atoms with van der Waals surface area (Å²) >= 11 is 1.42. The van der Waals surface area contributed by atoms with E-state index in [4.69, 9.17) is 23.9 Å². The number of fused-ring (bicyclic) bond motifs is 1. The number of piperidine rings is 1. The van der Waals surface area contributed by atoms with Crippen LogP contribution in [0.3, 0.4) is 0 Å². The van der Waals surface area contributed by atoms with Gasteiger partial charge in [0.1, 0.15) is 11.5 Å². The smallest absolute Gasteiger partial charge is 0.338 e. The topological polar surface area (TPSA) is 107 Å². The summed E-state index contributed by atoms with van der Waals surface area (Å²) in [6.07, 6.45) is 0.961. The highest BCUT2D eigenvalue weighted by atomic mass is 32.2. The molecule has 0 spiro atoms. The molecule has 40 heavy (non-hydrogen) atoms. The van der Waals surface area contributed by atoms with Gasteiger partial charge in [-0.3, -0.25) is 9.59 Å². The standard InChI is InChI=1S/C29H37N3O7S/c1-7-38-27(34)19-8-10-31(11-9-19)24(33)14-21-16-40-29-30-18(4)25(28(35)39-17(2)3)26(32(21)29)20-12-22(36-5)15-23(13-20)37-6/h12-13,15-17,19,26H,7-11,14H2,1-6H3. The second-order valence-corrected chi connectivity index (χ2v) is 10.9. The van der Waals surface area contributed by atoms with Crippen molar-refractivity contribution in [1.82, 2.24) is 9.80 Å². The van der Waals surface area contributed by atoms with Crippen LogP contribution in [-0.4, -0.2) is 72.8 Å². The molecule has 1 atom stereocenters. The van der Waals surface area contributed by atoms with E-state index in [2.05, 4.69) is 0 Å². The Morgan fingerprint density at radius 2 is 1.73 bits per heavy atom. The van der Waals surface area contributed by atoms with E-state index < -0.39 is 12.0 Å². The third-order valence-electron chi connectivity index (χ3n) is 7.05. The van der Waals surface area contributed by atoms with Crippen molar-refractivity contribution in [1.29, 1.82) is 0 Å². The van der Waals surface area contributed by atoms with E-state index in [0.29, 0.717) is 60.5 Å². The minimum atomic E-state index is -0.605. The van der Waals surface area contributed by atoms with Crippen LogP contribution in [0.15, 0.2) is 45.6 Å². The zero-order chi connectivity index (χ0) is 29.0. The number of thioether (sulfide) groups is 1. The zero-order valence-corrected chi connectivity index (χ0v) is 24.7. The van der Waals surface area contributed by atoms with Gasteiger partial charge in [-0.2, -0.15) is 0 Å². The second-order valence-electron chi connectivity index (χ2n) is 10.1. The van der Waals surface area contributed by atoms with Gasteiger partial charge in [0.05, 0.1) is 56.6 Å². The molecule has 4 rings (SSSR count). The van der Waals surface area contributed by atoms with Gasteiger partial charge in [-0.25, -0.2) is 9.79 Å². The van der Waals surface area contributed by atoms with Crippen molar-refractivity contribution in [2.45, 2.75) is 59.1 Å². The number of hydrogen-bond donors (Lipinski definition) is 0. The van der Waals surface area contributed by atoms with Gasteiger partial charge in [-0.1, -0.05) is 11.8 Å². The molecular weight excluding hydrogens is 534 g/mol. The van der Waals surface area contributed by atoms with E-state index in [0.717, 1.165) is 11.3 Å². The van der Waals surface area contributed by atoms with Gasteiger partial charge in [0.2, 0.25) is 5.91 Å². The molecule has 3 heterocycles. The summed E-state index contributed by atoms with van der Waals surface area (Å²) in [7, 11) is 3.14. The number of methoxy groups -OCH3 is 2. The van der Waals surface area contributed by atoms with E-state index in [-0.39, 0.29) is 30.3 Å². The number of rotatable bonds is 9. The van der Waals surface area contributed by atoms with Crippen LogP contribution in [0.2, 0.25) is 0 Å². The van der Waals surface area contributed by atoms with E-state index in [1.807, 2.05) is 22.4 Å². The van der Waals surface area contributed by atoms with Gasteiger partial charge >= 0.3 is 11.9 Å². The van der Waals surface area contributed by atoms with E-state index >= 15 is 0 Å². The molecule has 3 aliphatic heterocycles. The van der Waals surface area contributed by atoms with Crippen LogP contribution in [0.4, 0.5) is 0 Å². The number of aliphatic imine (C=N–C) groups is 1. The number of hydrogen-bond acceptors (Lipinski definition) is 10. The Morgan fingerprint density at radius 3 is 2.30 bits per heavy atom. The lowest BCUT2D eigenvalue weighted by Crippen LogP contribution is -2.42. The molecule has 0 radical (unpaired) electrons. The van der Waals surface area contributed by atoms with E-state index in [1.54, 1.807) is 52.9 Å². The molecule has 1 aromatic rings. The lowest BCUT2D eigenvalue weighted by atomic mass is 9.93. The third-order valence-corrected chi connectivity index (χ3v) is 7.94. The molecule has 11 heteroatoms. The molecule has 10 nitrogen and oxygen atoms in total. The minimum Gasteiger partial charge on any atom is -0.497 e. The number of ether oxygens (including phenoxy) is 4. The summed E-state index contributed by atoms with van der Waals surface area (Å²) in [6.45, 7) is 8.52. The number of nitrogens with zero attached hydrogens (tertiary/aromatic N) is 3. The van der Waals surface area contributed by atoms with Crippen molar-refractivity contribution >= 4 is 34.8 Å². The minimum absolute atomic E-state index is 0.0463. The number of amides is 1. The summed E-state index contributed by atoms with van der Waals surface area (Å²) in [5, 5.41) is 2.59. The maximum absolute atomic E-state index is 13.4. The fourth-order valence-electron chi connectivity index (χ4n) is 5.10. The van der Waals surface area contributed by atoms with Crippen molar-refractivity contribution in [3.05, 3.63) is 46.1 Å². The van der Waals surface area contributed by atoms with Crippen molar-refractivity contribution in [2.75, 3.05) is 33.9 Å². The Labute approximate surface area is 239 Å². The Kier molecular flexibility index (Phi) is 9.44. The average Bonchev–Trinajstić information content (AvgIpc) is 3.33. The van der Waals surface area contributed by atoms with Crippen LogP contribution in [0, 0.1) is 5.92 Å². The fraction of sp³-hybridized carbons (Fsp3) is 0.517. The number of carbonyl (C=O) groups is 3. The van der Waals surface area contributed by atoms with Crippen molar-refractivity contribution < 1.29 is 33.3 Å². The molecule has 0 saturated carbocycles. The van der Waals surface area contributed by atoms with Gasteiger partial charge in [0.25, 0.3) is 0 Å². The van der Waals surface area contributed by atoms with Gasteiger partial charge < -0.3 is 28.7 Å².